The molecule has 6 aliphatic rings. The van der Waals surface area contributed by atoms with Crippen LogP contribution in [0.15, 0.2) is 139 Å². The number of fused-ring (bicyclic) bond motifs is 14. The monoisotopic (exact) mass is 1520 g/mol. The van der Waals surface area contributed by atoms with Crippen molar-refractivity contribution >= 4 is 150 Å². The summed E-state index contributed by atoms with van der Waals surface area (Å²) >= 11 is 37.1. The first-order chi connectivity index (χ1) is 41.5. The van der Waals surface area contributed by atoms with Crippen molar-refractivity contribution in [1.82, 2.24) is 19.9 Å². The molecule has 87 heavy (non-hydrogen) atoms. The number of nitrogens with two attached hydrogens (primary N) is 3. The Bertz CT molecular complexity index is 4230. The number of amidine groups is 3. The topological polar surface area (TPSA) is 252 Å². The van der Waals surface area contributed by atoms with Gasteiger partial charge >= 0.3 is 0 Å². The maximum atomic E-state index is 14.3. The zero-order valence-electron chi connectivity index (χ0n) is 43.6. The van der Waals surface area contributed by atoms with Crippen LogP contribution in [0.5, 0.6) is 34.5 Å². The molecule has 0 radical (unpaired) electrons. The second-order valence-corrected chi connectivity index (χ2v) is 24.7. The minimum atomic E-state index is -1.01. The number of aromatic nitrogens is 4. The number of nitrogens with zero attached hydrogens (tertiary/aromatic N) is 7. The Morgan fingerprint density at radius 3 is 1.32 bits per heavy atom. The molecule has 30 heteroatoms. The highest BCUT2D eigenvalue weighted by Crippen LogP contribution is 2.56. The quantitative estimate of drug-likeness (QED) is 0.0725. The summed E-state index contributed by atoms with van der Waals surface area (Å²) in [5.74, 6) is -1.41. The number of pyridine rings is 4. The number of aliphatic imine (C=N–C) groups is 3. The van der Waals surface area contributed by atoms with Gasteiger partial charge < -0.3 is 50.0 Å². The van der Waals surface area contributed by atoms with Crippen LogP contribution in [0.25, 0.3) is 21.9 Å². The molecule has 4 aromatic carbocycles. The van der Waals surface area contributed by atoms with Crippen LogP contribution >= 0.6 is 110 Å². The summed E-state index contributed by atoms with van der Waals surface area (Å²) in [5, 5.41) is 0.436. The van der Waals surface area contributed by atoms with Gasteiger partial charge in [-0.1, -0.05) is 110 Å². The molecule has 11 heterocycles. The fourth-order valence-electron chi connectivity index (χ4n) is 10.7. The van der Waals surface area contributed by atoms with Gasteiger partial charge in [0.1, 0.15) is 72.5 Å². The van der Waals surface area contributed by atoms with E-state index in [0.29, 0.717) is 76.8 Å². The Kier molecular flexibility index (Phi) is 16.4. The largest absolute Gasteiger partial charge is 0.465 e. The summed E-state index contributed by atoms with van der Waals surface area (Å²) < 4.78 is 98.4. The van der Waals surface area contributed by atoms with Gasteiger partial charge in [-0.25, -0.2) is 29.9 Å². The van der Waals surface area contributed by atoms with Crippen molar-refractivity contribution in [1.29, 1.82) is 0 Å². The first kappa shape index (κ1) is 60.4. The van der Waals surface area contributed by atoms with Gasteiger partial charge in [0, 0.05) is 64.1 Å². The third-order valence-corrected chi connectivity index (χ3v) is 17.1. The first-order valence-corrected chi connectivity index (χ1v) is 30.0. The van der Waals surface area contributed by atoms with E-state index < -0.39 is 40.4 Å². The summed E-state index contributed by atoms with van der Waals surface area (Å²) in [4.78, 5) is 40.1. The molecule has 5 aromatic heterocycles. The lowest BCUT2D eigenvalue weighted by Gasteiger charge is -2.39. The summed E-state index contributed by atoms with van der Waals surface area (Å²) in [6, 6.07) is 27.2. The zero-order valence-corrected chi connectivity index (χ0v) is 53.0. The molecule has 0 bridgehead atoms. The molecule has 0 saturated carbocycles. The number of ether oxygens (including phenoxy) is 6. The highest BCUT2D eigenvalue weighted by Gasteiger charge is 2.49. The Balaban J connectivity index is 0.000000114. The molecule has 1 unspecified atom stereocenters. The maximum absolute atomic E-state index is 14.3. The van der Waals surface area contributed by atoms with Crippen molar-refractivity contribution < 1.29 is 50.4 Å². The average molecular weight is 1520 g/mol. The third kappa shape index (κ3) is 11.2. The molecule has 6 N–H and O–H groups in total. The molecule has 0 fully saturated rings. The van der Waals surface area contributed by atoms with Crippen LogP contribution in [-0.2, 0) is 30.8 Å². The van der Waals surface area contributed by atoms with Crippen LogP contribution in [0, 0.1) is 23.8 Å². The summed E-state index contributed by atoms with van der Waals surface area (Å²) in [6.07, 6.45) is 0.959. The summed E-state index contributed by atoms with van der Waals surface area (Å²) in [7, 11) is 0. The van der Waals surface area contributed by atoms with Gasteiger partial charge in [0.25, 0.3) is 35.8 Å². The number of benzene rings is 4. The molecule has 444 valence electrons. The lowest BCUT2D eigenvalue weighted by molar-refractivity contribution is 0.109. The van der Waals surface area contributed by atoms with Crippen molar-refractivity contribution in [2.45, 2.75) is 29.5 Å². The Morgan fingerprint density at radius 2 is 0.874 bits per heavy atom. The van der Waals surface area contributed by atoms with Crippen LogP contribution in [0.1, 0.15) is 46.2 Å². The van der Waals surface area contributed by atoms with Gasteiger partial charge in [0.2, 0.25) is 5.43 Å². The van der Waals surface area contributed by atoms with Gasteiger partial charge in [0.15, 0.2) is 22.8 Å². The number of hydrogen-bond acceptors (Lipinski definition) is 18. The van der Waals surface area contributed by atoms with Crippen molar-refractivity contribution in [2.75, 3.05) is 26.4 Å². The van der Waals surface area contributed by atoms with Gasteiger partial charge in [-0.3, -0.25) is 9.79 Å². The van der Waals surface area contributed by atoms with Gasteiger partial charge in [-0.05, 0) is 97.1 Å². The minimum Gasteiger partial charge on any atom is -0.465 e. The third-order valence-electron chi connectivity index (χ3n) is 14.3. The second kappa shape index (κ2) is 23.6. The lowest BCUT2D eigenvalue weighted by atomic mass is 9.78. The molecule has 3 spiro atoms. The molecule has 9 aromatic rings. The SMILES string of the molecule is NC1=NC2(COC1)c1cc(Br)ccc1Oc1c2cc(Cl)nc1F.NC1=N[C@@]2(CCO1)c1cc(Br)ccc1Oc1c2cc(Cl)nc1F.NC1=N[C@]2(CCO1)c1cc(Br)ccc1Oc1c2cc(Cl)nc1F.O=c1c2cc(Br)ccc2oc2c(F)nc(Cl)cc12. The normalized spacial score (nSPS) is 19.7. The van der Waals surface area contributed by atoms with E-state index in [1.54, 1.807) is 54.6 Å². The van der Waals surface area contributed by atoms with E-state index in [1.165, 1.54) is 12.1 Å². The molecule has 0 saturated heterocycles. The molecular formula is C57H34Br4Cl4F4N10O8. The number of hydrogen-bond donors (Lipinski definition) is 3. The standard InChI is InChI=1S/3C15H10BrClFN3O2.C12H4BrClFNO2/c16-7-1-2-10-8(3-7)15(6-22-5-12(19)21-15)9-4-11(17)20-14(18)13(9)23-10;2*16-7-1-2-10-8(5-7)15(3-4-22-14(19)21-15)9-6-11(17)20-13(18)12(9)23-10;13-5-1-2-8-6(3-5)10(17)7-4-9(14)16-12(15)11(7)18-8/h1-4H,5-6H2,(H2,19,21);2*1-2,5-6H,3-4H2,(H2,19,21);1-4H/t;2*15-;/m.10./s1. The van der Waals surface area contributed by atoms with Gasteiger partial charge in [-0.2, -0.15) is 17.6 Å². The fraction of sp³-hybridized carbons (Fsp3) is 0.158. The van der Waals surface area contributed by atoms with Crippen LogP contribution in [0.3, 0.4) is 0 Å². The molecule has 15 rings (SSSR count). The van der Waals surface area contributed by atoms with E-state index in [-0.39, 0.29) is 79.5 Å². The van der Waals surface area contributed by atoms with E-state index in [2.05, 4.69) is 98.6 Å². The van der Waals surface area contributed by atoms with Crippen molar-refractivity contribution in [2.24, 2.45) is 32.2 Å². The predicted octanol–water partition coefficient (Wildman–Crippen LogP) is 14.7. The van der Waals surface area contributed by atoms with Gasteiger partial charge in [0.05, 0.1) is 30.6 Å². The van der Waals surface area contributed by atoms with Crippen LogP contribution in [-0.4, -0.2) is 64.2 Å². The summed E-state index contributed by atoms with van der Waals surface area (Å²) in [5.41, 5.74) is 18.1. The predicted molar refractivity (Wildman–Crippen MR) is 330 cm³/mol. The highest BCUT2D eigenvalue weighted by molar-refractivity contribution is 9.11. The average Bonchev–Trinajstić information content (AvgIpc) is 0.828. The van der Waals surface area contributed by atoms with E-state index >= 15 is 0 Å². The Labute approximate surface area is 541 Å². The van der Waals surface area contributed by atoms with E-state index in [1.807, 2.05) is 30.3 Å². The van der Waals surface area contributed by atoms with Gasteiger partial charge in [-0.15, -0.1) is 0 Å². The van der Waals surface area contributed by atoms with Crippen LogP contribution in [0.2, 0.25) is 20.6 Å². The van der Waals surface area contributed by atoms with Crippen molar-refractivity contribution in [3.05, 3.63) is 203 Å². The molecule has 0 amide bonds. The van der Waals surface area contributed by atoms with Crippen molar-refractivity contribution in [3.63, 3.8) is 0 Å². The van der Waals surface area contributed by atoms with Crippen molar-refractivity contribution in [3.8, 4) is 34.5 Å². The Hall–Kier alpha value is -6.88. The zero-order chi connectivity index (χ0) is 61.4. The van der Waals surface area contributed by atoms with Crippen LogP contribution in [0.4, 0.5) is 17.6 Å². The molecule has 18 nitrogen and oxygen atoms in total. The highest BCUT2D eigenvalue weighted by atomic mass is 79.9. The lowest BCUT2D eigenvalue weighted by Crippen LogP contribution is -2.42. The van der Waals surface area contributed by atoms with E-state index in [0.717, 1.165) is 34.6 Å². The first-order valence-electron chi connectivity index (χ1n) is 25.3. The maximum Gasteiger partial charge on any atom is 0.283 e. The number of rotatable bonds is 0. The van der Waals surface area contributed by atoms with E-state index in [4.69, 9.17) is 96.4 Å². The number of halogens is 12. The minimum absolute atomic E-state index is 0.00808. The summed E-state index contributed by atoms with van der Waals surface area (Å²) in [6.45, 7) is 1.13. The molecule has 0 aliphatic carbocycles. The molecular weight excluding hydrogens is 1490 g/mol. The smallest absolute Gasteiger partial charge is 0.283 e. The Morgan fingerprint density at radius 1 is 0.471 bits per heavy atom. The van der Waals surface area contributed by atoms with Crippen LogP contribution < -0.4 is 36.8 Å². The molecule has 6 aliphatic heterocycles. The molecule has 3 atom stereocenters. The fourth-order valence-corrected chi connectivity index (χ4v) is 12.9. The van der Waals surface area contributed by atoms with E-state index in [9.17, 15) is 22.4 Å². The second-order valence-electron chi connectivity index (χ2n) is 19.5.